The second-order valence-electron chi connectivity index (χ2n) is 15.5. The lowest BCUT2D eigenvalue weighted by atomic mass is 10.1. The molecule has 0 aromatic carbocycles. The van der Waals surface area contributed by atoms with Gasteiger partial charge in [-0.3, -0.25) is 14.2 Å². The number of quaternary nitrogens is 1. The van der Waals surface area contributed by atoms with Crippen LogP contribution in [0.2, 0.25) is 0 Å². The summed E-state index contributed by atoms with van der Waals surface area (Å²) in [5.41, 5.74) is 0. The molecule has 344 valence electrons. The van der Waals surface area contributed by atoms with Crippen molar-refractivity contribution in [1.29, 1.82) is 0 Å². The van der Waals surface area contributed by atoms with Crippen molar-refractivity contribution in [2.75, 3.05) is 47.5 Å². The number of phosphoric acid groups is 1. The molecule has 3 atom stereocenters. The van der Waals surface area contributed by atoms with Crippen molar-refractivity contribution in [3.63, 3.8) is 0 Å². The van der Waals surface area contributed by atoms with Crippen LogP contribution in [0.1, 0.15) is 123 Å². The minimum absolute atomic E-state index is 0.0666. The van der Waals surface area contributed by atoms with Gasteiger partial charge in [-0.15, -0.1) is 0 Å². The van der Waals surface area contributed by atoms with Crippen LogP contribution in [0.4, 0.5) is 0 Å². The molecule has 0 aliphatic rings. The molecule has 0 rings (SSSR count). The second-order valence-corrected chi connectivity index (χ2v) is 16.9. The summed E-state index contributed by atoms with van der Waals surface area (Å²) in [6.45, 7) is 3.71. The van der Waals surface area contributed by atoms with Gasteiger partial charge < -0.3 is 33.0 Å². The van der Waals surface area contributed by atoms with E-state index in [-0.39, 0.29) is 32.2 Å². The SMILES string of the molecule is CC/C=C\C/C=C\C/C=C\C/C=C\C/C=C\C/C=C\CCC(=O)OC[C@H](COP(=O)([O-])OCC[N+](C)(C)C)OC(=O)CCC/C=C\C/C=C\C/C=C\C/C=C\CC(O)CCC. The van der Waals surface area contributed by atoms with E-state index in [0.717, 1.165) is 70.6 Å². The summed E-state index contributed by atoms with van der Waals surface area (Å²) in [6.07, 6.45) is 53.1. The number of aliphatic hydroxyl groups is 1. The number of allylic oxidation sites excluding steroid dienone is 19. The molecule has 0 heterocycles. The first kappa shape index (κ1) is 57.4. The van der Waals surface area contributed by atoms with E-state index in [2.05, 4.69) is 105 Å². The number of esters is 2. The highest BCUT2D eigenvalue weighted by Gasteiger charge is 2.21. The molecule has 0 aliphatic carbocycles. The lowest BCUT2D eigenvalue weighted by Gasteiger charge is -2.28. The Morgan fingerprint density at radius 2 is 1.07 bits per heavy atom. The normalized spacial score (nSPS) is 15.2. The minimum Gasteiger partial charge on any atom is -0.756 e. The van der Waals surface area contributed by atoms with Crippen molar-refractivity contribution in [2.24, 2.45) is 0 Å². The van der Waals surface area contributed by atoms with E-state index < -0.39 is 32.5 Å². The monoisotopic (exact) mass is 870 g/mol. The topological polar surface area (TPSA) is 131 Å². The highest BCUT2D eigenvalue weighted by atomic mass is 31.2. The predicted molar refractivity (Wildman–Crippen MR) is 250 cm³/mol. The van der Waals surface area contributed by atoms with Gasteiger partial charge in [0.1, 0.15) is 19.8 Å². The van der Waals surface area contributed by atoms with Crippen molar-refractivity contribution in [3.05, 3.63) is 122 Å². The Morgan fingerprint density at radius 1 is 0.607 bits per heavy atom. The largest absolute Gasteiger partial charge is 0.756 e. The summed E-state index contributed by atoms with van der Waals surface area (Å²) in [5, 5.41) is 9.74. The summed E-state index contributed by atoms with van der Waals surface area (Å²) in [6, 6.07) is 0. The van der Waals surface area contributed by atoms with Crippen molar-refractivity contribution >= 4 is 19.8 Å². The number of hydrogen-bond donors (Lipinski definition) is 1. The van der Waals surface area contributed by atoms with E-state index in [1.807, 2.05) is 51.5 Å². The van der Waals surface area contributed by atoms with E-state index in [0.29, 0.717) is 36.7 Å². The number of aliphatic hydroxyl groups excluding tert-OH is 1. The van der Waals surface area contributed by atoms with Crippen molar-refractivity contribution in [2.45, 2.75) is 135 Å². The molecular weight excluding hydrogens is 790 g/mol. The maximum atomic E-state index is 12.7. The zero-order valence-electron chi connectivity index (χ0n) is 38.2. The van der Waals surface area contributed by atoms with Crippen LogP contribution in [0.5, 0.6) is 0 Å². The first-order valence-corrected chi connectivity index (χ1v) is 23.8. The number of carbonyl (C=O) groups is 2. The number of phosphoric ester groups is 1. The molecule has 0 aliphatic heterocycles. The first-order valence-electron chi connectivity index (χ1n) is 22.3. The number of likely N-dealkylation sites (N-methyl/N-ethyl adjacent to an activating group) is 1. The quantitative estimate of drug-likeness (QED) is 0.0212. The van der Waals surface area contributed by atoms with Gasteiger partial charge in [0.2, 0.25) is 0 Å². The van der Waals surface area contributed by atoms with Crippen LogP contribution in [0.3, 0.4) is 0 Å². The average molecular weight is 870 g/mol. The lowest BCUT2D eigenvalue weighted by Crippen LogP contribution is -2.37. The second kappa shape index (κ2) is 40.4. The van der Waals surface area contributed by atoms with Crippen LogP contribution in [-0.2, 0) is 32.7 Å². The highest BCUT2D eigenvalue weighted by Crippen LogP contribution is 2.38. The molecule has 2 unspecified atom stereocenters. The third-order valence-electron chi connectivity index (χ3n) is 8.53. The van der Waals surface area contributed by atoms with Gasteiger partial charge in [-0.1, -0.05) is 142 Å². The third kappa shape index (κ3) is 44.2. The van der Waals surface area contributed by atoms with Gasteiger partial charge >= 0.3 is 11.9 Å². The van der Waals surface area contributed by atoms with E-state index in [4.69, 9.17) is 18.5 Å². The fourth-order valence-electron chi connectivity index (χ4n) is 5.10. The van der Waals surface area contributed by atoms with Crippen molar-refractivity contribution in [1.82, 2.24) is 0 Å². The molecule has 0 amide bonds. The summed E-state index contributed by atoms with van der Waals surface area (Å²) in [4.78, 5) is 37.5. The molecular formula is C50H80NO9P. The van der Waals surface area contributed by atoms with E-state index in [1.54, 1.807) is 0 Å². The third-order valence-corrected chi connectivity index (χ3v) is 9.50. The van der Waals surface area contributed by atoms with Gasteiger partial charge in [-0.25, -0.2) is 0 Å². The molecule has 10 nitrogen and oxygen atoms in total. The molecule has 0 bridgehead atoms. The Labute approximate surface area is 370 Å². The molecule has 0 fully saturated rings. The van der Waals surface area contributed by atoms with E-state index >= 15 is 0 Å². The highest BCUT2D eigenvalue weighted by molar-refractivity contribution is 7.45. The maximum Gasteiger partial charge on any atom is 0.306 e. The molecule has 11 heteroatoms. The number of rotatable bonds is 38. The molecule has 0 saturated heterocycles. The number of hydrogen-bond acceptors (Lipinski definition) is 9. The van der Waals surface area contributed by atoms with Gasteiger partial charge in [0.15, 0.2) is 6.10 Å². The fourth-order valence-corrected chi connectivity index (χ4v) is 5.83. The summed E-state index contributed by atoms with van der Waals surface area (Å²) in [5.74, 6) is -1.03. The molecule has 0 saturated carbocycles. The van der Waals surface area contributed by atoms with Crippen LogP contribution < -0.4 is 4.89 Å². The Morgan fingerprint density at radius 3 is 1.54 bits per heavy atom. The fraction of sp³-hybridized carbons (Fsp3) is 0.560. The van der Waals surface area contributed by atoms with E-state index in [9.17, 15) is 24.2 Å². The standard InChI is InChI=1S/C50H80NO9P/c1-6-8-9-10-11-12-13-14-15-16-17-18-19-22-25-28-31-34-37-41-49(53)57-45-48(46-59-61(55,56)58-44-43-51(3,4)5)60-50(54)42-38-35-32-29-26-23-20-21-24-27-30-33-36-40-47(52)39-7-2/h8-9,11-12,14-15,17-18,20,22-25,27,29,31-34,36,47-48,52H,6-7,10,13,16,19,21,26,28,30,35,37-46H2,1-5H3/b9-8-,12-11-,15-14-,18-17-,23-20-,25-22-,27-24-,32-29-,34-31-,36-33-/t47?,48-/m1/s1. The van der Waals surface area contributed by atoms with Crippen LogP contribution >= 0.6 is 7.82 Å². The lowest BCUT2D eigenvalue weighted by molar-refractivity contribution is -0.870. The van der Waals surface area contributed by atoms with Crippen molar-refractivity contribution in [3.8, 4) is 0 Å². The van der Waals surface area contributed by atoms with Crippen LogP contribution in [0.15, 0.2) is 122 Å². The molecule has 1 N–H and O–H groups in total. The van der Waals surface area contributed by atoms with Gasteiger partial charge in [0.05, 0.1) is 33.9 Å². The van der Waals surface area contributed by atoms with Crippen LogP contribution in [0.25, 0.3) is 0 Å². The number of carbonyl (C=O) groups excluding carboxylic acids is 2. The van der Waals surface area contributed by atoms with Crippen molar-refractivity contribution < 1.29 is 47.2 Å². The number of ether oxygens (including phenoxy) is 2. The number of nitrogens with zero attached hydrogens (tertiary/aromatic N) is 1. The zero-order chi connectivity index (χ0) is 45.1. The Balaban J connectivity index is 4.61. The molecule has 0 radical (unpaired) electrons. The molecule has 0 aromatic heterocycles. The van der Waals surface area contributed by atoms with Crippen LogP contribution in [-0.4, -0.2) is 81.2 Å². The Hall–Kier alpha value is -3.63. The van der Waals surface area contributed by atoms with E-state index in [1.165, 1.54) is 0 Å². The smallest absolute Gasteiger partial charge is 0.306 e. The van der Waals surface area contributed by atoms with Crippen LogP contribution in [0, 0.1) is 0 Å². The minimum atomic E-state index is -4.68. The molecule has 0 spiro atoms. The van der Waals surface area contributed by atoms with Gasteiger partial charge in [-0.05, 0) is 89.9 Å². The summed E-state index contributed by atoms with van der Waals surface area (Å²) in [7, 11) is 1.04. The molecule has 61 heavy (non-hydrogen) atoms. The van der Waals surface area contributed by atoms with Gasteiger partial charge in [0, 0.05) is 12.8 Å². The summed E-state index contributed by atoms with van der Waals surface area (Å²) < 4.78 is 33.7. The predicted octanol–water partition coefficient (Wildman–Crippen LogP) is 11.2. The molecule has 0 aromatic rings. The number of unbranched alkanes of at least 4 members (excludes halogenated alkanes) is 1. The maximum absolute atomic E-state index is 12.7. The Bertz CT molecular complexity index is 1460. The van der Waals surface area contributed by atoms with Gasteiger partial charge in [-0.2, -0.15) is 0 Å². The first-order chi connectivity index (χ1) is 29.4. The average Bonchev–Trinajstić information content (AvgIpc) is 3.20. The zero-order valence-corrected chi connectivity index (χ0v) is 39.1. The Kier molecular flexibility index (Phi) is 38.0. The van der Waals surface area contributed by atoms with Gasteiger partial charge in [0.25, 0.3) is 7.82 Å². The summed E-state index contributed by atoms with van der Waals surface area (Å²) >= 11 is 0.